The van der Waals surface area contributed by atoms with Gasteiger partial charge in [-0.1, -0.05) is 19.9 Å². The van der Waals surface area contributed by atoms with Crippen LogP contribution in [0.3, 0.4) is 0 Å². The lowest BCUT2D eigenvalue weighted by molar-refractivity contribution is -0.143. The monoisotopic (exact) mass is 748 g/mol. The molecular formula is C37H37FN4O12. The number of carboxylic acid groups (broad SMARTS) is 1. The fraction of sp³-hybridized carbons (Fsp3) is 0.297. The molecule has 6 N–H and O–H groups in total. The maximum Gasteiger partial charge on any atom is 0.336 e. The molecule has 0 saturated carbocycles. The van der Waals surface area contributed by atoms with E-state index in [1.165, 1.54) is 55.5 Å². The first kappa shape index (κ1) is 40.1. The Kier molecular flexibility index (Phi) is 12.8. The number of aromatic carboxylic acids is 1. The molecule has 0 radical (unpaired) electrons. The van der Waals surface area contributed by atoms with Gasteiger partial charge in [0.15, 0.2) is 11.2 Å². The van der Waals surface area contributed by atoms with Gasteiger partial charge >= 0.3 is 11.9 Å². The molecule has 1 aliphatic carbocycles. The van der Waals surface area contributed by atoms with Crippen LogP contribution in [0.5, 0.6) is 5.75 Å². The van der Waals surface area contributed by atoms with Crippen LogP contribution in [0.1, 0.15) is 47.9 Å². The normalized spacial score (nSPS) is 12.7. The number of benzene rings is 3. The van der Waals surface area contributed by atoms with E-state index >= 15 is 0 Å². The summed E-state index contributed by atoms with van der Waals surface area (Å²) in [6.07, 6.45) is -0.627. The summed E-state index contributed by atoms with van der Waals surface area (Å²) in [5.41, 5.74) is 0.349. The summed E-state index contributed by atoms with van der Waals surface area (Å²) < 4.78 is 23.3. The maximum atomic E-state index is 13.1. The van der Waals surface area contributed by atoms with Crippen LogP contribution >= 0.6 is 0 Å². The van der Waals surface area contributed by atoms with Gasteiger partial charge in [-0.25, -0.2) is 9.18 Å². The number of amides is 4. The van der Waals surface area contributed by atoms with E-state index in [9.17, 15) is 53.0 Å². The minimum Gasteiger partial charge on any atom is -0.508 e. The highest BCUT2D eigenvalue weighted by molar-refractivity contribution is 6.09. The maximum absolute atomic E-state index is 13.1. The molecule has 1 heterocycles. The zero-order chi connectivity index (χ0) is 39.9. The molecule has 284 valence electrons. The van der Waals surface area contributed by atoms with Gasteiger partial charge < -0.3 is 40.6 Å². The lowest BCUT2D eigenvalue weighted by Gasteiger charge is -2.24. The van der Waals surface area contributed by atoms with Crippen LogP contribution in [0.15, 0.2) is 63.8 Å². The summed E-state index contributed by atoms with van der Waals surface area (Å²) in [6, 6.07) is 8.05. The highest BCUT2D eigenvalue weighted by atomic mass is 19.1. The average molecular weight is 749 g/mol. The molecule has 2 aromatic rings. The van der Waals surface area contributed by atoms with E-state index in [-0.39, 0.29) is 39.2 Å². The van der Waals surface area contributed by atoms with E-state index < -0.39 is 85.0 Å². The standard InChI is InChI=1S/C37H37FN4O12/c1-17(2)33(36(50)40-18(3)34(48)41-26(27(45)15-38)14-31(47)53-4)42-30(46)16-39-35(49)19-5-8-22(25(11-19)37(51)52)32-23-9-6-20(43)12-28(23)54-29-13-21(44)7-10-24(29)32/h5-13,17-18,26,33,43H,14-16H2,1-4H3,(H,39,49)(H,40,50)(H,41,48)(H,42,46)(H,51,52). The molecular weight excluding hydrogens is 711 g/mol. The molecule has 0 aromatic heterocycles. The predicted octanol–water partition coefficient (Wildman–Crippen LogP) is 1.93. The van der Waals surface area contributed by atoms with Gasteiger partial charge in [-0.15, -0.1) is 0 Å². The van der Waals surface area contributed by atoms with Crippen molar-refractivity contribution in [3.05, 3.63) is 75.9 Å². The molecule has 2 aromatic carbocycles. The number of phenolic OH excluding ortho intramolecular Hbond substituents is 1. The first-order chi connectivity index (χ1) is 25.5. The van der Waals surface area contributed by atoms with Crippen molar-refractivity contribution in [2.45, 2.75) is 45.3 Å². The van der Waals surface area contributed by atoms with Crippen molar-refractivity contribution in [3.8, 4) is 28.2 Å². The Balaban J connectivity index is 1.47. The van der Waals surface area contributed by atoms with Crippen LogP contribution in [0.2, 0.25) is 0 Å². The lowest BCUT2D eigenvalue weighted by atomic mass is 9.90. The number of nitrogens with one attached hydrogen (secondary N) is 4. The molecule has 54 heavy (non-hydrogen) atoms. The van der Waals surface area contributed by atoms with Gasteiger partial charge in [0.25, 0.3) is 5.91 Å². The number of esters is 1. The number of ether oxygens (including phenoxy) is 1. The van der Waals surface area contributed by atoms with Gasteiger partial charge in [-0.3, -0.25) is 33.6 Å². The van der Waals surface area contributed by atoms with Crippen LogP contribution in [-0.2, 0) is 28.7 Å². The number of Topliss-reactive ketones (excluding diaryl/α,β-unsaturated/α-hetero) is 1. The molecule has 4 rings (SSSR count). The number of rotatable bonds is 15. The van der Waals surface area contributed by atoms with Gasteiger partial charge in [0, 0.05) is 34.2 Å². The SMILES string of the molecule is COC(=O)CC(NC(=O)C(C)NC(=O)C(NC(=O)CNC(=O)c1ccc(-c2c3ccc(=O)cc-3oc3cc(O)ccc23)c(C(=O)O)c1)C(C)C)C(=O)CF. The number of carbonyl (C=O) groups excluding carboxylic acids is 6. The second-order valence-corrected chi connectivity index (χ2v) is 12.5. The fourth-order valence-corrected chi connectivity index (χ4v) is 5.51. The van der Waals surface area contributed by atoms with E-state index in [2.05, 4.69) is 26.0 Å². The molecule has 3 unspecified atom stereocenters. The summed E-state index contributed by atoms with van der Waals surface area (Å²) >= 11 is 0. The third-order valence-electron chi connectivity index (χ3n) is 8.32. The number of carbonyl (C=O) groups is 7. The Bertz CT molecular complexity index is 2160. The molecule has 17 heteroatoms. The number of halogens is 1. The summed E-state index contributed by atoms with van der Waals surface area (Å²) in [5, 5.41) is 30.1. The van der Waals surface area contributed by atoms with Crippen molar-refractivity contribution < 1.29 is 57.3 Å². The Hall–Kier alpha value is -6.65. The van der Waals surface area contributed by atoms with Gasteiger partial charge in [-0.05, 0) is 54.8 Å². The van der Waals surface area contributed by atoms with E-state index in [1.807, 2.05) is 0 Å². The Labute approximate surface area is 306 Å². The number of alkyl halides is 1. The highest BCUT2D eigenvalue weighted by Crippen LogP contribution is 2.42. The molecule has 3 atom stereocenters. The van der Waals surface area contributed by atoms with Crippen molar-refractivity contribution in [1.29, 1.82) is 0 Å². The lowest BCUT2D eigenvalue weighted by Crippen LogP contribution is -2.57. The number of methoxy groups -OCH3 is 1. The molecule has 4 amide bonds. The second-order valence-electron chi connectivity index (χ2n) is 12.5. The molecule has 0 fully saturated rings. The minimum atomic E-state index is -1.53. The van der Waals surface area contributed by atoms with Crippen LogP contribution < -0.4 is 26.7 Å². The number of aromatic hydroxyl groups is 1. The third kappa shape index (κ3) is 9.41. The zero-order valence-corrected chi connectivity index (χ0v) is 29.5. The van der Waals surface area contributed by atoms with Crippen LogP contribution in [-0.4, -0.2) is 90.0 Å². The number of hydrogen-bond donors (Lipinski definition) is 6. The first-order valence-corrected chi connectivity index (χ1v) is 16.5. The van der Waals surface area contributed by atoms with Gasteiger partial charge in [0.05, 0.1) is 25.6 Å². The summed E-state index contributed by atoms with van der Waals surface area (Å²) in [6.45, 7) is 2.38. The minimum absolute atomic E-state index is 0.118. The van der Waals surface area contributed by atoms with Gasteiger partial charge in [0.2, 0.25) is 17.7 Å². The van der Waals surface area contributed by atoms with E-state index in [0.29, 0.717) is 16.5 Å². The van der Waals surface area contributed by atoms with E-state index in [0.717, 1.165) is 13.2 Å². The quantitative estimate of drug-likeness (QED) is 0.0754. The third-order valence-corrected chi connectivity index (χ3v) is 8.32. The number of fused-ring (bicyclic) bond motifs is 2. The molecule has 2 aliphatic rings. The number of hydrogen-bond acceptors (Lipinski definition) is 11. The van der Waals surface area contributed by atoms with Crippen molar-refractivity contribution >= 4 is 52.3 Å². The topological polar surface area (TPSA) is 248 Å². The Morgan fingerprint density at radius 2 is 1.57 bits per heavy atom. The highest BCUT2D eigenvalue weighted by Gasteiger charge is 2.30. The van der Waals surface area contributed by atoms with Crippen LogP contribution in [0.25, 0.3) is 33.4 Å². The van der Waals surface area contributed by atoms with Gasteiger partial charge in [0.1, 0.15) is 41.9 Å². The van der Waals surface area contributed by atoms with Crippen molar-refractivity contribution in [2.24, 2.45) is 5.92 Å². The molecule has 0 spiro atoms. The molecule has 0 bridgehead atoms. The van der Waals surface area contributed by atoms with Crippen molar-refractivity contribution in [2.75, 3.05) is 20.3 Å². The molecule has 0 saturated heterocycles. The largest absolute Gasteiger partial charge is 0.508 e. The van der Waals surface area contributed by atoms with Crippen molar-refractivity contribution in [1.82, 2.24) is 21.3 Å². The van der Waals surface area contributed by atoms with Crippen molar-refractivity contribution in [3.63, 3.8) is 0 Å². The predicted molar refractivity (Wildman–Crippen MR) is 189 cm³/mol. The Morgan fingerprint density at radius 3 is 2.22 bits per heavy atom. The first-order valence-electron chi connectivity index (χ1n) is 16.5. The number of phenols is 1. The van der Waals surface area contributed by atoms with Crippen LogP contribution in [0, 0.1) is 5.92 Å². The van der Waals surface area contributed by atoms with Crippen LogP contribution in [0.4, 0.5) is 4.39 Å². The molecule has 16 nitrogen and oxygen atoms in total. The molecule has 1 aliphatic heterocycles. The number of ketones is 1. The zero-order valence-electron chi connectivity index (χ0n) is 29.5. The second kappa shape index (κ2) is 17.2. The van der Waals surface area contributed by atoms with E-state index in [1.54, 1.807) is 13.8 Å². The smallest absolute Gasteiger partial charge is 0.336 e. The summed E-state index contributed by atoms with van der Waals surface area (Å²) in [5.74, 6) is -7.18. The average Bonchev–Trinajstić information content (AvgIpc) is 3.13. The summed E-state index contributed by atoms with van der Waals surface area (Å²) in [4.78, 5) is 99.8. The van der Waals surface area contributed by atoms with Gasteiger partial charge in [-0.2, -0.15) is 0 Å². The number of carboxylic acids is 1. The summed E-state index contributed by atoms with van der Waals surface area (Å²) in [7, 11) is 1.05. The Morgan fingerprint density at radius 1 is 0.870 bits per heavy atom. The van der Waals surface area contributed by atoms with E-state index in [4.69, 9.17) is 4.42 Å². The fourth-order valence-electron chi connectivity index (χ4n) is 5.51.